The van der Waals surface area contributed by atoms with Crippen LogP contribution in [-0.4, -0.2) is 14.8 Å². The van der Waals surface area contributed by atoms with Crippen LogP contribution in [0, 0.1) is 0 Å². The first-order valence-corrected chi connectivity index (χ1v) is 6.91. The Morgan fingerprint density at radius 2 is 2.00 bits per heavy atom. The van der Waals surface area contributed by atoms with Gasteiger partial charge in [-0.15, -0.1) is 0 Å². The summed E-state index contributed by atoms with van der Waals surface area (Å²) in [6.07, 6.45) is 4.51. The summed E-state index contributed by atoms with van der Waals surface area (Å²) in [6.45, 7) is 2.14. The van der Waals surface area contributed by atoms with E-state index in [9.17, 15) is 0 Å². The van der Waals surface area contributed by atoms with Crippen molar-refractivity contribution in [2.24, 2.45) is 0 Å². The molecule has 4 heteroatoms. The molecule has 0 saturated heterocycles. The molecule has 0 fully saturated rings. The van der Waals surface area contributed by atoms with Gasteiger partial charge < -0.3 is 0 Å². The van der Waals surface area contributed by atoms with Gasteiger partial charge in [-0.1, -0.05) is 30.7 Å². The van der Waals surface area contributed by atoms with E-state index >= 15 is 0 Å². The fraction of sp³-hybridized carbons (Fsp3) is 0.125. The van der Waals surface area contributed by atoms with Gasteiger partial charge in [0.2, 0.25) is 0 Å². The summed E-state index contributed by atoms with van der Waals surface area (Å²) < 4.78 is 1.92. The fourth-order valence-corrected chi connectivity index (χ4v) is 2.37. The third-order valence-corrected chi connectivity index (χ3v) is 3.44. The maximum absolute atomic E-state index is 5.97. The molecule has 0 aliphatic heterocycles. The summed E-state index contributed by atoms with van der Waals surface area (Å²) in [5.74, 6) is 0. The van der Waals surface area contributed by atoms with E-state index in [4.69, 9.17) is 11.6 Å². The van der Waals surface area contributed by atoms with Crippen molar-refractivity contribution in [3.63, 3.8) is 0 Å². The zero-order chi connectivity index (χ0) is 13.9. The van der Waals surface area contributed by atoms with Gasteiger partial charge in [-0.25, -0.2) is 9.67 Å². The number of halogens is 1. The standard InChI is InChI=1S/C16H14ClN3/c1-2-12-4-3-5-14(10-12)20-15(7-9-19-20)13-6-8-18-16(17)11-13/h3-11H,2H2,1H3. The molecule has 3 nitrogen and oxygen atoms in total. The largest absolute Gasteiger partial charge is 0.245 e. The van der Waals surface area contributed by atoms with Crippen molar-refractivity contribution in [3.05, 3.63) is 65.6 Å². The van der Waals surface area contributed by atoms with E-state index in [-0.39, 0.29) is 0 Å². The monoisotopic (exact) mass is 283 g/mol. The van der Waals surface area contributed by atoms with E-state index in [1.54, 1.807) is 12.4 Å². The van der Waals surface area contributed by atoms with Crippen molar-refractivity contribution in [3.8, 4) is 16.9 Å². The minimum absolute atomic E-state index is 0.484. The summed E-state index contributed by atoms with van der Waals surface area (Å²) in [5.41, 5.74) is 4.35. The molecule has 0 radical (unpaired) electrons. The highest BCUT2D eigenvalue weighted by Gasteiger charge is 2.08. The van der Waals surface area contributed by atoms with E-state index < -0.39 is 0 Å². The Morgan fingerprint density at radius 1 is 1.10 bits per heavy atom. The van der Waals surface area contributed by atoms with Crippen molar-refractivity contribution < 1.29 is 0 Å². The van der Waals surface area contributed by atoms with Crippen LogP contribution in [0.4, 0.5) is 0 Å². The Morgan fingerprint density at radius 3 is 2.80 bits per heavy atom. The molecule has 3 rings (SSSR count). The third-order valence-electron chi connectivity index (χ3n) is 3.23. The number of pyridine rings is 1. The van der Waals surface area contributed by atoms with Crippen molar-refractivity contribution in [2.75, 3.05) is 0 Å². The van der Waals surface area contributed by atoms with Crippen LogP contribution in [0.3, 0.4) is 0 Å². The highest BCUT2D eigenvalue weighted by molar-refractivity contribution is 6.29. The minimum atomic E-state index is 0.484. The second kappa shape index (κ2) is 5.47. The van der Waals surface area contributed by atoms with Crippen LogP contribution in [0.1, 0.15) is 12.5 Å². The molecule has 0 N–H and O–H groups in total. The van der Waals surface area contributed by atoms with E-state index in [1.807, 2.05) is 22.9 Å². The minimum Gasteiger partial charge on any atom is -0.245 e. The van der Waals surface area contributed by atoms with Gasteiger partial charge in [-0.3, -0.25) is 0 Å². The van der Waals surface area contributed by atoms with Crippen molar-refractivity contribution in [2.45, 2.75) is 13.3 Å². The molecule has 20 heavy (non-hydrogen) atoms. The number of hydrogen-bond donors (Lipinski definition) is 0. The summed E-state index contributed by atoms with van der Waals surface area (Å²) >= 11 is 5.97. The molecule has 0 aliphatic carbocycles. The molecular weight excluding hydrogens is 270 g/mol. The van der Waals surface area contributed by atoms with E-state index in [0.717, 1.165) is 23.4 Å². The van der Waals surface area contributed by atoms with Crippen LogP contribution in [0.25, 0.3) is 16.9 Å². The van der Waals surface area contributed by atoms with Gasteiger partial charge in [0, 0.05) is 11.8 Å². The molecule has 0 bridgehead atoms. The van der Waals surface area contributed by atoms with Crippen LogP contribution in [0.15, 0.2) is 54.9 Å². The lowest BCUT2D eigenvalue weighted by Gasteiger charge is -2.09. The molecular formula is C16H14ClN3. The molecule has 0 saturated carbocycles. The van der Waals surface area contributed by atoms with Gasteiger partial charge in [-0.05, 0) is 42.3 Å². The molecule has 2 heterocycles. The molecule has 0 aliphatic rings. The third kappa shape index (κ3) is 2.45. The molecule has 2 aromatic heterocycles. The van der Waals surface area contributed by atoms with Crippen LogP contribution in [-0.2, 0) is 6.42 Å². The highest BCUT2D eigenvalue weighted by atomic mass is 35.5. The maximum Gasteiger partial charge on any atom is 0.129 e. The number of aromatic nitrogens is 3. The van der Waals surface area contributed by atoms with Crippen molar-refractivity contribution in [1.82, 2.24) is 14.8 Å². The van der Waals surface area contributed by atoms with Crippen LogP contribution < -0.4 is 0 Å². The van der Waals surface area contributed by atoms with Gasteiger partial charge in [0.15, 0.2) is 0 Å². The average Bonchev–Trinajstić information content (AvgIpc) is 2.97. The summed E-state index contributed by atoms with van der Waals surface area (Å²) in [5, 5.41) is 4.90. The van der Waals surface area contributed by atoms with Gasteiger partial charge in [-0.2, -0.15) is 5.10 Å². The molecule has 100 valence electrons. The fourth-order valence-electron chi connectivity index (χ4n) is 2.20. The molecule has 0 unspecified atom stereocenters. The number of rotatable bonds is 3. The quantitative estimate of drug-likeness (QED) is 0.676. The molecule has 0 spiro atoms. The molecule has 1 aromatic carbocycles. The smallest absolute Gasteiger partial charge is 0.129 e. The Bertz CT molecular complexity index is 734. The highest BCUT2D eigenvalue weighted by Crippen LogP contribution is 2.24. The van der Waals surface area contributed by atoms with E-state index in [2.05, 4.69) is 41.3 Å². The van der Waals surface area contributed by atoms with Crippen LogP contribution in [0.5, 0.6) is 0 Å². The zero-order valence-electron chi connectivity index (χ0n) is 11.1. The Kier molecular flexibility index (Phi) is 3.52. The number of nitrogens with zero attached hydrogens (tertiary/aromatic N) is 3. The molecule has 0 amide bonds. The lowest BCUT2D eigenvalue weighted by molar-refractivity contribution is 0.884. The lowest BCUT2D eigenvalue weighted by Crippen LogP contribution is -1.99. The first-order valence-electron chi connectivity index (χ1n) is 6.53. The Labute approximate surface area is 122 Å². The first kappa shape index (κ1) is 12.9. The van der Waals surface area contributed by atoms with Crippen LogP contribution >= 0.6 is 11.6 Å². The Balaban J connectivity index is 2.10. The zero-order valence-corrected chi connectivity index (χ0v) is 11.9. The van der Waals surface area contributed by atoms with Gasteiger partial charge in [0.05, 0.1) is 17.6 Å². The average molecular weight is 284 g/mol. The number of hydrogen-bond acceptors (Lipinski definition) is 2. The normalized spacial score (nSPS) is 10.7. The van der Waals surface area contributed by atoms with Crippen molar-refractivity contribution in [1.29, 1.82) is 0 Å². The predicted octanol–water partition coefficient (Wildman–Crippen LogP) is 4.15. The summed E-state index contributed by atoms with van der Waals surface area (Å²) in [7, 11) is 0. The number of aryl methyl sites for hydroxylation is 1. The lowest BCUT2D eigenvalue weighted by atomic mass is 10.1. The Hall–Kier alpha value is -2.13. The van der Waals surface area contributed by atoms with Crippen molar-refractivity contribution >= 4 is 11.6 Å². The topological polar surface area (TPSA) is 30.7 Å². The van der Waals surface area contributed by atoms with Crippen LogP contribution in [0.2, 0.25) is 5.15 Å². The molecule has 3 aromatic rings. The summed E-state index contributed by atoms with van der Waals surface area (Å²) in [6, 6.07) is 14.1. The SMILES string of the molecule is CCc1cccc(-n2nccc2-c2ccnc(Cl)c2)c1. The first-order chi connectivity index (χ1) is 9.78. The van der Waals surface area contributed by atoms with E-state index in [0.29, 0.717) is 5.15 Å². The van der Waals surface area contributed by atoms with Gasteiger partial charge in [0.1, 0.15) is 5.15 Å². The van der Waals surface area contributed by atoms with Gasteiger partial charge >= 0.3 is 0 Å². The number of benzene rings is 1. The summed E-state index contributed by atoms with van der Waals surface area (Å²) in [4.78, 5) is 4.02. The molecule has 0 atom stereocenters. The second-order valence-electron chi connectivity index (χ2n) is 4.52. The maximum atomic E-state index is 5.97. The predicted molar refractivity (Wildman–Crippen MR) is 81.2 cm³/mol. The van der Waals surface area contributed by atoms with Gasteiger partial charge in [0.25, 0.3) is 0 Å². The van der Waals surface area contributed by atoms with E-state index in [1.165, 1.54) is 5.56 Å². The second-order valence-corrected chi connectivity index (χ2v) is 4.91.